The fourth-order valence-electron chi connectivity index (χ4n) is 1.27. The van der Waals surface area contributed by atoms with Crippen LogP contribution in [-0.2, 0) is 0 Å². The standard InChI is InChI=1S/C11H26N2/c1-6-7-8-12-9-11(4)13(5)10(2)3/h10-12H,6-9H2,1-5H3. The van der Waals surface area contributed by atoms with Gasteiger partial charge in [-0.15, -0.1) is 0 Å². The van der Waals surface area contributed by atoms with Crippen LogP contribution in [-0.4, -0.2) is 37.1 Å². The van der Waals surface area contributed by atoms with Crippen LogP contribution in [0.15, 0.2) is 0 Å². The van der Waals surface area contributed by atoms with Gasteiger partial charge < -0.3 is 10.2 Å². The fraction of sp³-hybridized carbons (Fsp3) is 1.00. The van der Waals surface area contributed by atoms with Crippen LogP contribution in [0.1, 0.15) is 40.5 Å². The number of hydrogen-bond acceptors (Lipinski definition) is 2. The molecule has 0 spiro atoms. The molecule has 1 atom stereocenters. The first-order chi connectivity index (χ1) is 6.09. The van der Waals surface area contributed by atoms with Crippen LogP contribution in [0.2, 0.25) is 0 Å². The maximum atomic E-state index is 3.48. The zero-order valence-corrected chi connectivity index (χ0v) is 9.93. The normalized spacial score (nSPS) is 14.1. The zero-order valence-electron chi connectivity index (χ0n) is 9.93. The Labute approximate surface area is 83.7 Å². The molecule has 0 saturated carbocycles. The van der Waals surface area contributed by atoms with Gasteiger partial charge in [-0.05, 0) is 40.8 Å². The van der Waals surface area contributed by atoms with E-state index in [1.807, 2.05) is 0 Å². The largest absolute Gasteiger partial charge is 0.315 e. The molecule has 1 unspecified atom stereocenters. The minimum Gasteiger partial charge on any atom is -0.315 e. The van der Waals surface area contributed by atoms with E-state index in [1.165, 1.54) is 12.8 Å². The molecule has 0 rings (SSSR count). The number of rotatable bonds is 7. The second-order valence-corrected chi connectivity index (χ2v) is 4.17. The van der Waals surface area contributed by atoms with E-state index < -0.39 is 0 Å². The van der Waals surface area contributed by atoms with Gasteiger partial charge in [0.05, 0.1) is 0 Å². The third kappa shape index (κ3) is 6.05. The number of unbranched alkanes of at least 4 members (excludes halogenated alkanes) is 1. The molecule has 0 fully saturated rings. The van der Waals surface area contributed by atoms with E-state index in [0.717, 1.165) is 13.1 Å². The van der Waals surface area contributed by atoms with Crippen LogP contribution in [0.3, 0.4) is 0 Å². The summed E-state index contributed by atoms with van der Waals surface area (Å²) in [7, 11) is 2.19. The molecular weight excluding hydrogens is 160 g/mol. The lowest BCUT2D eigenvalue weighted by Gasteiger charge is -2.28. The SMILES string of the molecule is CCCCNCC(C)N(C)C(C)C. The lowest BCUT2D eigenvalue weighted by atomic mass is 10.2. The molecule has 1 N–H and O–H groups in total. The molecule has 0 aliphatic carbocycles. The summed E-state index contributed by atoms with van der Waals surface area (Å²) in [5.74, 6) is 0. The van der Waals surface area contributed by atoms with Crippen LogP contribution >= 0.6 is 0 Å². The molecule has 0 aliphatic heterocycles. The summed E-state index contributed by atoms with van der Waals surface area (Å²) >= 11 is 0. The first-order valence-electron chi connectivity index (χ1n) is 5.52. The Morgan fingerprint density at radius 1 is 1.23 bits per heavy atom. The summed E-state index contributed by atoms with van der Waals surface area (Å²) in [6.45, 7) is 11.2. The number of nitrogens with one attached hydrogen (secondary N) is 1. The predicted octanol–water partition coefficient (Wildman–Crippen LogP) is 2.10. The van der Waals surface area contributed by atoms with E-state index >= 15 is 0 Å². The van der Waals surface area contributed by atoms with Crippen molar-refractivity contribution in [1.82, 2.24) is 10.2 Å². The van der Waals surface area contributed by atoms with Gasteiger partial charge in [-0.1, -0.05) is 13.3 Å². The molecule has 2 nitrogen and oxygen atoms in total. The molecular formula is C11H26N2. The minimum absolute atomic E-state index is 0.636. The summed E-state index contributed by atoms with van der Waals surface area (Å²) in [4.78, 5) is 2.40. The molecule has 0 saturated heterocycles. The van der Waals surface area contributed by atoms with E-state index in [4.69, 9.17) is 0 Å². The average Bonchev–Trinajstić information content (AvgIpc) is 2.10. The van der Waals surface area contributed by atoms with Crippen LogP contribution in [0.5, 0.6) is 0 Å². The van der Waals surface area contributed by atoms with Crippen molar-refractivity contribution >= 4 is 0 Å². The topological polar surface area (TPSA) is 15.3 Å². The monoisotopic (exact) mass is 186 g/mol. The van der Waals surface area contributed by atoms with Crippen molar-refractivity contribution in [2.75, 3.05) is 20.1 Å². The highest BCUT2D eigenvalue weighted by molar-refractivity contribution is 4.68. The molecule has 0 aromatic heterocycles. The summed E-state index contributed by atoms with van der Waals surface area (Å²) in [6, 6.07) is 1.28. The van der Waals surface area contributed by atoms with E-state index in [0.29, 0.717) is 12.1 Å². The lowest BCUT2D eigenvalue weighted by molar-refractivity contribution is 0.204. The number of nitrogens with zero attached hydrogens (tertiary/aromatic N) is 1. The van der Waals surface area contributed by atoms with Crippen molar-refractivity contribution in [2.24, 2.45) is 0 Å². The number of hydrogen-bond donors (Lipinski definition) is 1. The second-order valence-electron chi connectivity index (χ2n) is 4.17. The lowest BCUT2D eigenvalue weighted by Crippen LogP contribution is -2.41. The Kier molecular flexibility index (Phi) is 7.29. The minimum atomic E-state index is 0.636. The van der Waals surface area contributed by atoms with Gasteiger partial charge in [0.25, 0.3) is 0 Å². The zero-order chi connectivity index (χ0) is 10.3. The maximum Gasteiger partial charge on any atom is 0.0192 e. The predicted molar refractivity (Wildman–Crippen MR) is 60.1 cm³/mol. The van der Waals surface area contributed by atoms with Crippen molar-refractivity contribution in [1.29, 1.82) is 0 Å². The third-order valence-electron chi connectivity index (χ3n) is 2.66. The molecule has 0 aliphatic rings. The van der Waals surface area contributed by atoms with E-state index in [9.17, 15) is 0 Å². The van der Waals surface area contributed by atoms with Crippen molar-refractivity contribution < 1.29 is 0 Å². The van der Waals surface area contributed by atoms with Gasteiger partial charge in [0, 0.05) is 18.6 Å². The van der Waals surface area contributed by atoms with Gasteiger partial charge in [0.15, 0.2) is 0 Å². The smallest absolute Gasteiger partial charge is 0.0192 e. The second kappa shape index (κ2) is 7.34. The highest BCUT2D eigenvalue weighted by Crippen LogP contribution is 2.00. The van der Waals surface area contributed by atoms with Crippen LogP contribution < -0.4 is 5.32 Å². The molecule has 0 aromatic rings. The summed E-state index contributed by atoms with van der Waals surface area (Å²) in [6.07, 6.45) is 2.57. The Hall–Kier alpha value is -0.0800. The van der Waals surface area contributed by atoms with Crippen LogP contribution in [0.4, 0.5) is 0 Å². The molecule has 0 aromatic carbocycles. The van der Waals surface area contributed by atoms with Crippen molar-refractivity contribution in [3.05, 3.63) is 0 Å². The number of likely N-dealkylation sites (N-methyl/N-ethyl adjacent to an activating group) is 1. The van der Waals surface area contributed by atoms with Gasteiger partial charge in [0.1, 0.15) is 0 Å². The molecule has 0 amide bonds. The fourth-order valence-corrected chi connectivity index (χ4v) is 1.27. The molecule has 0 bridgehead atoms. The Bertz CT molecular complexity index is 113. The van der Waals surface area contributed by atoms with E-state index in [1.54, 1.807) is 0 Å². The molecule has 80 valence electrons. The highest BCUT2D eigenvalue weighted by atomic mass is 15.2. The molecule has 0 heterocycles. The third-order valence-corrected chi connectivity index (χ3v) is 2.66. The van der Waals surface area contributed by atoms with Gasteiger partial charge >= 0.3 is 0 Å². The Balaban J connectivity index is 3.44. The first kappa shape index (κ1) is 12.9. The van der Waals surface area contributed by atoms with Gasteiger partial charge in [-0.25, -0.2) is 0 Å². The van der Waals surface area contributed by atoms with Crippen LogP contribution in [0, 0.1) is 0 Å². The van der Waals surface area contributed by atoms with E-state index in [2.05, 4.69) is 45.0 Å². The quantitative estimate of drug-likeness (QED) is 0.613. The maximum absolute atomic E-state index is 3.48. The summed E-state index contributed by atoms with van der Waals surface area (Å²) in [5.41, 5.74) is 0. The first-order valence-corrected chi connectivity index (χ1v) is 5.52. The van der Waals surface area contributed by atoms with Gasteiger partial charge in [-0.3, -0.25) is 0 Å². The summed E-state index contributed by atoms with van der Waals surface area (Å²) < 4.78 is 0. The van der Waals surface area contributed by atoms with E-state index in [-0.39, 0.29) is 0 Å². The van der Waals surface area contributed by atoms with Crippen molar-refractivity contribution in [3.63, 3.8) is 0 Å². The average molecular weight is 186 g/mol. The Morgan fingerprint density at radius 3 is 2.31 bits per heavy atom. The molecule has 13 heavy (non-hydrogen) atoms. The van der Waals surface area contributed by atoms with Crippen molar-refractivity contribution in [3.8, 4) is 0 Å². The van der Waals surface area contributed by atoms with Crippen LogP contribution in [0.25, 0.3) is 0 Å². The highest BCUT2D eigenvalue weighted by Gasteiger charge is 2.10. The molecule has 0 radical (unpaired) electrons. The summed E-state index contributed by atoms with van der Waals surface area (Å²) in [5, 5.41) is 3.48. The van der Waals surface area contributed by atoms with Crippen molar-refractivity contribution in [2.45, 2.75) is 52.6 Å². The molecule has 2 heteroatoms. The Morgan fingerprint density at radius 2 is 1.85 bits per heavy atom. The van der Waals surface area contributed by atoms with Gasteiger partial charge in [0.2, 0.25) is 0 Å². The van der Waals surface area contributed by atoms with Gasteiger partial charge in [-0.2, -0.15) is 0 Å².